The van der Waals surface area contributed by atoms with Gasteiger partial charge >= 0.3 is 0 Å². The second kappa shape index (κ2) is 7.67. The molecule has 130 valence electrons. The van der Waals surface area contributed by atoms with Gasteiger partial charge in [-0.3, -0.25) is 9.59 Å². The number of hydrogen-bond acceptors (Lipinski definition) is 2. The third kappa shape index (κ3) is 3.72. The predicted octanol–water partition coefficient (Wildman–Crippen LogP) is 3.21. The Morgan fingerprint density at radius 1 is 0.783 bits per heavy atom. The van der Waals surface area contributed by atoms with Gasteiger partial charge in [-0.05, 0) is 64.2 Å². The minimum absolute atomic E-state index is 0.171. The number of hydrogen-bond donors (Lipinski definition) is 0. The number of rotatable bonds is 3. The Hall–Kier alpha value is -1.06. The largest absolute Gasteiger partial charge is 0.342 e. The Balaban J connectivity index is 1.51. The van der Waals surface area contributed by atoms with E-state index in [1.165, 1.54) is 12.8 Å². The van der Waals surface area contributed by atoms with Crippen molar-refractivity contribution in [2.75, 3.05) is 19.6 Å². The van der Waals surface area contributed by atoms with E-state index in [-0.39, 0.29) is 11.8 Å². The van der Waals surface area contributed by atoms with E-state index in [1.807, 2.05) is 4.90 Å². The van der Waals surface area contributed by atoms with Crippen LogP contribution in [0.2, 0.25) is 0 Å². The molecule has 0 spiro atoms. The fourth-order valence-electron chi connectivity index (χ4n) is 4.73. The van der Waals surface area contributed by atoms with Crippen molar-refractivity contribution in [1.29, 1.82) is 0 Å². The molecule has 0 aromatic heterocycles. The first-order chi connectivity index (χ1) is 11.2. The van der Waals surface area contributed by atoms with E-state index in [1.54, 1.807) is 0 Å². The van der Waals surface area contributed by atoms with Gasteiger partial charge in [-0.1, -0.05) is 6.92 Å². The third-order valence-corrected chi connectivity index (χ3v) is 6.22. The summed E-state index contributed by atoms with van der Waals surface area (Å²) in [6.07, 6.45) is 10.6. The standard InChI is InChI=1S/C19H32N2O2/c1-2-17-7-3-4-14-21(17)19(23)16-10-8-15(9-11-16)18(22)20-12-5-6-13-20/h15-17H,2-14H2,1H3. The van der Waals surface area contributed by atoms with Crippen molar-refractivity contribution in [3.8, 4) is 0 Å². The van der Waals surface area contributed by atoms with Crippen LogP contribution in [-0.4, -0.2) is 47.3 Å². The molecule has 3 fully saturated rings. The number of carbonyl (C=O) groups is 2. The van der Waals surface area contributed by atoms with Crippen molar-refractivity contribution >= 4 is 11.8 Å². The van der Waals surface area contributed by atoms with Gasteiger partial charge in [0, 0.05) is 37.5 Å². The molecule has 2 heterocycles. The lowest BCUT2D eigenvalue weighted by molar-refractivity contribution is -0.143. The van der Waals surface area contributed by atoms with E-state index in [4.69, 9.17) is 0 Å². The van der Waals surface area contributed by atoms with Crippen molar-refractivity contribution in [3.63, 3.8) is 0 Å². The zero-order valence-electron chi connectivity index (χ0n) is 14.6. The third-order valence-electron chi connectivity index (χ3n) is 6.22. The van der Waals surface area contributed by atoms with Gasteiger partial charge in [0.25, 0.3) is 0 Å². The maximum absolute atomic E-state index is 12.9. The number of carbonyl (C=O) groups excluding carboxylic acids is 2. The van der Waals surface area contributed by atoms with Crippen molar-refractivity contribution in [2.45, 2.75) is 77.2 Å². The molecular formula is C19H32N2O2. The molecule has 3 rings (SSSR count). The summed E-state index contributed by atoms with van der Waals surface area (Å²) in [5.74, 6) is 1.09. The molecule has 3 aliphatic rings. The highest BCUT2D eigenvalue weighted by molar-refractivity contribution is 5.81. The first kappa shape index (κ1) is 16.8. The Morgan fingerprint density at radius 2 is 1.35 bits per heavy atom. The van der Waals surface area contributed by atoms with Gasteiger partial charge in [-0.25, -0.2) is 0 Å². The van der Waals surface area contributed by atoms with Crippen molar-refractivity contribution in [3.05, 3.63) is 0 Å². The minimum Gasteiger partial charge on any atom is -0.342 e. The smallest absolute Gasteiger partial charge is 0.225 e. The molecule has 2 saturated heterocycles. The van der Waals surface area contributed by atoms with Crippen LogP contribution in [0.4, 0.5) is 0 Å². The highest BCUT2D eigenvalue weighted by atomic mass is 16.2. The normalized spacial score (nSPS) is 32.1. The van der Waals surface area contributed by atoms with E-state index in [0.29, 0.717) is 17.9 Å². The molecule has 0 radical (unpaired) electrons. The molecule has 0 N–H and O–H groups in total. The average Bonchev–Trinajstić information content (AvgIpc) is 3.15. The summed E-state index contributed by atoms with van der Waals surface area (Å²) in [4.78, 5) is 29.6. The van der Waals surface area contributed by atoms with Crippen molar-refractivity contribution < 1.29 is 9.59 Å². The van der Waals surface area contributed by atoms with Gasteiger partial charge in [0.15, 0.2) is 0 Å². The molecule has 4 heteroatoms. The Bertz CT molecular complexity index is 423. The molecule has 2 aliphatic heterocycles. The maximum atomic E-state index is 12.9. The minimum atomic E-state index is 0.171. The maximum Gasteiger partial charge on any atom is 0.225 e. The topological polar surface area (TPSA) is 40.6 Å². The van der Waals surface area contributed by atoms with Crippen LogP contribution in [0.5, 0.6) is 0 Å². The average molecular weight is 320 g/mol. The summed E-state index contributed by atoms with van der Waals surface area (Å²) in [6.45, 7) is 5.04. The molecule has 0 aromatic carbocycles. The molecule has 2 amide bonds. The van der Waals surface area contributed by atoms with Gasteiger partial charge in [-0.15, -0.1) is 0 Å². The van der Waals surface area contributed by atoms with Crippen LogP contribution in [0.15, 0.2) is 0 Å². The van der Waals surface area contributed by atoms with E-state index in [0.717, 1.165) is 71.0 Å². The second-order valence-corrected chi connectivity index (χ2v) is 7.67. The molecule has 1 unspecified atom stereocenters. The fraction of sp³-hybridized carbons (Fsp3) is 0.895. The van der Waals surface area contributed by atoms with Crippen LogP contribution >= 0.6 is 0 Å². The lowest BCUT2D eigenvalue weighted by Crippen LogP contribution is -2.47. The Labute approximate surface area is 140 Å². The number of amides is 2. The number of nitrogens with zero attached hydrogens (tertiary/aromatic N) is 2. The zero-order chi connectivity index (χ0) is 16.2. The number of likely N-dealkylation sites (tertiary alicyclic amines) is 2. The molecular weight excluding hydrogens is 288 g/mol. The monoisotopic (exact) mass is 320 g/mol. The molecule has 0 bridgehead atoms. The van der Waals surface area contributed by atoms with Crippen LogP contribution < -0.4 is 0 Å². The van der Waals surface area contributed by atoms with Crippen molar-refractivity contribution in [1.82, 2.24) is 9.80 Å². The van der Waals surface area contributed by atoms with Crippen LogP contribution in [-0.2, 0) is 9.59 Å². The Morgan fingerprint density at radius 3 is 1.96 bits per heavy atom. The summed E-state index contributed by atoms with van der Waals surface area (Å²) in [7, 11) is 0. The summed E-state index contributed by atoms with van der Waals surface area (Å²) < 4.78 is 0. The van der Waals surface area contributed by atoms with Crippen molar-refractivity contribution in [2.24, 2.45) is 11.8 Å². The van der Waals surface area contributed by atoms with Gasteiger partial charge < -0.3 is 9.80 Å². The van der Waals surface area contributed by atoms with E-state index in [2.05, 4.69) is 11.8 Å². The van der Waals surface area contributed by atoms with E-state index in [9.17, 15) is 9.59 Å². The fourth-order valence-corrected chi connectivity index (χ4v) is 4.73. The summed E-state index contributed by atoms with van der Waals surface area (Å²) in [6, 6.07) is 0.459. The summed E-state index contributed by atoms with van der Waals surface area (Å²) in [5, 5.41) is 0. The molecule has 0 aromatic rings. The van der Waals surface area contributed by atoms with Gasteiger partial charge in [0.2, 0.25) is 11.8 Å². The van der Waals surface area contributed by atoms with Crippen LogP contribution in [0, 0.1) is 11.8 Å². The second-order valence-electron chi connectivity index (χ2n) is 7.67. The lowest BCUT2D eigenvalue weighted by atomic mass is 9.80. The molecule has 4 nitrogen and oxygen atoms in total. The van der Waals surface area contributed by atoms with Gasteiger partial charge in [0.1, 0.15) is 0 Å². The van der Waals surface area contributed by atoms with E-state index < -0.39 is 0 Å². The lowest BCUT2D eigenvalue weighted by Gasteiger charge is -2.39. The summed E-state index contributed by atoms with van der Waals surface area (Å²) in [5.41, 5.74) is 0. The SMILES string of the molecule is CCC1CCCCN1C(=O)C1CCC(C(=O)N2CCCC2)CC1. The molecule has 1 aliphatic carbocycles. The van der Waals surface area contributed by atoms with Crippen LogP contribution in [0.3, 0.4) is 0 Å². The van der Waals surface area contributed by atoms with Gasteiger partial charge in [0.05, 0.1) is 0 Å². The molecule has 1 saturated carbocycles. The van der Waals surface area contributed by atoms with Gasteiger partial charge in [-0.2, -0.15) is 0 Å². The zero-order valence-corrected chi connectivity index (χ0v) is 14.6. The number of piperidine rings is 1. The quantitative estimate of drug-likeness (QED) is 0.801. The molecule has 1 atom stereocenters. The first-order valence-corrected chi connectivity index (χ1v) is 9.80. The highest BCUT2D eigenvalue weighted by Crippen LogP contribution is 2.33. The van der Waals surface area contributed by atoms with Crippen LogP contribution in [0.25, 0.3) is 0 Å². The molecule has 23 heavy (non-hydrogen) atoms. The highest BCUT2D eigenvalue weighted by Gasteiger charge is 2.36. The van der Waals surface area contributed by atoms with E-state index >= 15 is 0 Å². The Kier molecular flexibility index (Phi) is 5.60. The first-order valence-electron chi connectivity index (χ1n) is 9.80. The summed E-state index contributed by atoms with van der Waals surface area (Å²) >= 11 is 0. The predicted molar refractivity (Wildman–Crippen MR) is 90.9 cm³/mol. The van der Waals surface area contributed by atoms with Crippen LogP contribution in [0.1, 0.15) is 71.1 Å².